The Labute approximate surface area is 133 Å². The Morgan fingerprint density at radius 2 is 2.30 bits per heavy atom. The van der Waals surface area contributed by atoms with Crippen LogP contribution in [-0.4, -0.2) is 52.7 Å². The number of aromatic nitrogens is 3. The molecule has 2 N–H and O–H groups in total. The molecule has 0 bridgehead atoms. The number of methoxy groups -OCH3 is 1. The predicted octanol–water partition coefficient (Wildman–Crippen LogP) is 0.613. The van der Waals surface area contributed by atoms with Crippen molar-refractivity contribution in [3.05, 3.63) is 30.1 Å². The van der Waals surface area contributed by atoms with Crippen molar-refractivity contribution < 1.29 is 14.6 Å². The van der Waals surface area contributed by atoms with Crippen molar-refractivity contribution in [1.82, 2.24) is 20.1 Å². The number of aliphatic hydroxyl groups excluding tert-OH is 1. The minimum absolute atomic E-state index is 0.0308. The van der Waals surface area contributed by atoms with Crippen LogP contribution < -0.4 is 10.2 Å². The minimum Gasteiger partial charge on any atom is -0.394 e. The van der Waals surface area contributed by atoms with E-state index < -0.39 is 0 Å². The molecular weight excluding hydrogens is 298 g/mol. The summed E-state index contributed by atoms with van der Waals surface area (Å²) in [5, 5.41) is 16.3. The Bertz CT molecular complexity index is 700. The third-order valence-electron chi connectivity index (χ3n) is 3.57. The van der Waals surface area contributed by atoms with Gasteiger partial charge < -0.3 is 15.2 Å². The van der Waals surface area contributed by atoms with Crippen molar-refractivity contribution in [3.8, 4) is 11.4 Å². The zero-order valence-electron chi connectivity index (χ0n) is 12.9. The van der Waals surface area contributed by atoms with Crippen LogP contribution in [0, 0.1) is 0 Å². The van der Waals surface area contributed by atoms with Crippen LogP contribution in [0.2, 0.25) is 0 Å². The molecule has 0 radical (unpaired) electrons. The average molecular weight is 317 g/mol. The molecule has 0 saturated carbocycles. The number of nitrogens with zero attached hydrogens (tertiary/aromatic N) is 4. The van der Waals surface area contributed by atoms with E-state index in [-0.39, 0.29) is 12.6 Å². The van der Waals surface area contributed by atoms with Crippen molar-refractivity contribution >= 4 is 11.7 Å². The Hall–Kier alpha value is -2.45. The second kappa shape index (κ2) is 6.76. The largest absolute Gasteiger partial charge is 0.394 e. The molecule has 1 aromatic heterocycles. The lowest BCUT2D eigenvalue weighted by molar-refractivity contribution is 0.177. The number of hydrogen-bond donors (Lipinski definition) is 2. The molecule has 1 aliphatic heterocycles. The van der Waals surface area contributed by atoms with Crippen LogP contribution in [0.5, 0.6) is 0 Å². The molecule has 8 heteroatoms. The van der Waals surface area contributed by atoms with Crippen LogP contribution in [0.3, 0.4) is 0 Å². The molecule has 0 spiro atoms. The summed E-state index contributed by atoms with van der Waals surface area (Å²) in [4.78, 5) is 18.0. The summed E-state index contributed by atoms with van der Waals surface area (Å²) in [6.45, 7) is 1.90. The van der Waals surface area contributed by atoms with Gasteiger partial charge in [-0.1, -0.05) is 12.1 Å². The number of anilines is 1. The Balaban J connectivity index is 1.96. The van der Waals surface area contributed by atoms with Gasteiger partial charge >= 0.3 is 6.03 Å². The van der Waals surface area contributed by atoms with Gasteiger partial charge in [-0.05, 0) is 12.1 Å². The lowest BCUT2D eigenvalue weighted by Gasteiger charge is -2.15. The number of rotatable bonds is 6. The molecule has 23 heavy (non-hydrogen) atoms. The zero-order chi connectivity index (χ0) is 16.2. The maximum Gasteiger partial charge on any atom is 0.321 e. The van der Waals surface area contributed by atoms with Crippen molar-refractivity contribution in [2.24, 2.45) is 0 Å². The molecule has 3 rings (SSSR count). The van der Waals surface area contributed by atoms with Crippen LogP contribution >= 0.6 is 0 Å². The summed E-state index contributed by atoms with van der Waals surface area (Å²) in [7, 11) is 1.58. The zero-order valence-corrected chi connectivity index (χ0v) is 12.9. The summed E-state index contributed by atoms with van der Waals surface area (Å²) in [6, 6.07) is 7.48. The van der Waals surface area contributed by atoms with Gasteiger partial charge in [0.15, 0.2) is 11.6 Å². The molecule has 1 fully saturated rings. The third kappa shape index (κ3) is 3.17. The summed E-state index contributed by atoms with van der Waals surface area (Å²) >= 11 is 0. The van der Waals surface area contributed by atoms with E-state index in [1.165, 1.54) is 0 Å². The van der Waals surface area contributed by atoms with Crippen LogP contribution in [-0.2, 0) is 17.9 Å². The standard InChI is InChI=1S/C15H19N5O3/c1-23-10-13-17-14(20(18-13)7-8-21)11-3-2-4-12(9-11)19-6-5-16-15(19)22/h2-4,9,21H,5-8,10H2,1H3,(H,16,22). The van der Waals surface area contributed by atoms with Gasteiger partial charge in [0.25, 0.3) is 0 Å². The molecule has 8 nitrogen and oxygen atoms in total. The van der Waals surface area contributed by atoms with E-state index in [9.17, 15) is 9.90 Å². The second-order valence-corrected chi connectivity index (χ2v) is 5.17. The van der Waals surface area contributed by atoms with E-state index in [2.05, 4.69) is 15.4 Å². The highest BCUT2D eigenvalue weighted by molar-refractivity contribution is 5.94. The fourth-order valence-corrected chi connectivity index (χ4v) is 2.57. The highest BCUT2D eigenvalue weighted by atomic mass is 16.5. The van der Waals surface area contributed by atoms with Gasteiger partial charge in [-0.2, -0.15) is 5.10 Å². The molecular formula is C15H19N5O3. The Morgan fingerprint density at radius 3 is 3.00 bits per heavy atom. The highest BCUT2D eigenvalue weighted by Crippen LogP contribution is 2.25. The number of ether oxygens (including phenoxy) is 1. The predicted molar refractivity (Wildman–Crippen MR) is 84.0 cm³/mol. The topological polar surface area (TPSA) is 92.5 Å². The minimum atomic E-state index is -0.0981. The Morgan fingerprint density at radius 1 is 1.43 bits per heavy atom. The first-order chi connectivity index (χ1) is 11.2. The molecule has 2 aromatic rings. The summed E-state index contributed by atoms with van der Waals surface area (Å²) in [6.07, 6.45) is 0. The van der Waals surface area contributed by atoms with Gasteiger partial charge in [-0.3, -0.25) is 4.90 Å². The van der Waals surface area contributed by atoms with Gasteiger partial charge in [0.05, 0.1) is 13.2 Å². The number of benzene rings is 1. The lowest BCUT2D eigenvalue weighted by atomic mass is 10.1. The van der Waals surface area contributed by atoms with Gasteiger partial charge in [-0.15, -0.1) is 0 Å². The smallest absolute Gasteiger partial charge is 0.321 e. The molecule has 122 valence electrons. The van der Waals surface area contributed by atoms with Gasteiger partial charge in [-0.25, -0.2) is 14.5 Å². The maximum atomic E-state index is 11.8. The van der Waals surface area contributed by atoms with E-state index in [4.69, 9.17) is 4.74 Å². The highest BCUT2D eigenvalue weighted by Gasteiger charge is 2.22. The average Bonchev–Trinajstić information content (AvgIpc) is 3.15. The SMILES string of the molecule is COCc1nc(-c2cccc(N3CCNC3=O)c2)n(CCO)n1. The van der Waals surface area contributed by atoms with Crippen LogP contribution in [0.25, 0.3) is 11.4 Å². The van der Waals surface area contributed by atoms with E-state index in [1.807, 2.05) is 24.3 Å². The molecule has 2 amide bonds. The molecule has 1 aromatic carbocycles. The lowest BCUT2D eigenvalue weighted by Crippen LogP contribution is -2.27. The fraction of sp³-hybridized carbons (Fsp3) is 0.400. The number of amides is 2. The summed E-state index contributed by atoms with van der Waals surface area (Å²) < 4.78 is 6.72. The van der Waals surface area contributed by atoms with Gasteiger partial charge in [0.1, 0.15) is 6.61 Å². The van der Waals surface area contributed by atoms with Crippen molar-refractivity contribution in [2.75, 3.05) is 31.7 Å². The number of hydrogen-bond acceptors (Lipinski definition) is 5. The first kappa shape index (κ1) is 15.4. The normalized spacial score (nSPS) is 14.3. The molecule has 1 aliphatic rings. The molecule has 1 saturated heterocycles. The van der Waals surface area contributed by atoms with Crippen molar-refractivity contribution in [2.45, 2.75) is 13.2 Å². The number of carbonyl (C=O) groups excluding carboxylic acids is 1. The number of aliphatic hydroxyl groups is 1. The van der Waals surface area contributed by atoms with Crippen molar-refractivity contribution in [1.29, 1.82) is 0 Å². The summed E-state index contributed by atoms with van der Waals surface area (Å²) in [5.41, 5.74) is 1.65. The van der Waals surface area contributed by atoms with Gasteiger partial charge in [0.2, 0.25) is 0 Å². The Kier molecular flexibility index (Phi) is 4.54. The quantitative estimate of drug-likeness (QED) is 0.814. The van der Waals surface area contributed by atoms with Crippen LogP contribution in [0.1, 0.15) is 5.82 Å². The number of carbonyl (C=O) groups is 1. The van der Waals surface area contributed by atoms with Crippen LogP contribution in [0.15, 0.2) is 24.3 Å². The summed E-state index contributed by atoms with van der Waals surface area (Å²) in [5.74, 6) is 1.20. The maximum absolute atomic E-state index is 11.8. The number of urea groups is 1. The molecule has 0 unspecified atom stereocenters. The van der Waals surface area contributed by atoms with Crippen molar-refractivity contribution in [3.63, 3.8) is 0 Å². The molecule has 2 heterocycles. The monoisotopic (exact) mass is 317 g/mol. The first-order valence-corrected chi connectivity index (χ1v) is 7.42. The van der Waals surface area contributed by atoms with Crippen LogP contribution in [0.4, 0.5) is 10.5 Å². The molecule has 0 atom stereocenters. The van der Waals surface area contributed by atoms with E-state index >= 15 is 0 Å². The van der Waals surface area contributed by atoms with E-state index in [1.54, 1.807) is 16.7 Å². The second-order valence-electron chi connectivity index (χ2n) is 5.17. The first-order valence-electron chi connectivity index (χ1n) is 7.42. The van der Waals surface area contributed by atoms with E-state index in [0.29, 0.717) is 37.9 Å². The number of nitrogens with one attached hydrogen (secondary N) is 1. The third-order valence-corrected chi connectivity index (χ3v) is 3.57. The fourth-order valence-electron chi connectivity index (χ4n) is 2.57. The molecule has 0 aliphatic carbocycles. The van der Waals surface area contributed by atoms with Gasteiger partial charge in [0, 0.05) is 31.5 Å². The van der Waals surface area contributed by atoms with E-state index in [0.717, 1.165) is 11.3 Å².